The lowest BCUT2D eigenvalue weighted by atomic mass is 9.84. The van der Waals surface area contributed by atoms with E-state index in [1.54, 1.807) is 0 Å². The van der Waals surface area contributed by atoms with Crippen molar-refractivity contribution in [2.75, 3.05) is 43.0 Å². The van der Waals surface area contributed by atoms with Gasteiger partial charge in [-0.3, -0.25) is 0 Å². The van der Waals surface area contributed by atoms with E-state index < -0.39 is 0 Å². The van der Waals surface area contributed by atoms with Crippen molar-refractivity contribution in [3.63, 3.8) is 0 Å². The van der Waals surface area contributed by atoms with Gasteiger partial charge in [0.05, 0.1) is 11.4 Å². The van der Waals surface area contributed by atoms with Crippen molar-refractivity contribution < 1.29 is 0 Å². The first-order valence-electron chi connectivity index (χ1n) is 8.24. The van der Waals surface area contributed by atoms with E-state index in [1.165, 1.54) is 17.8 Å². The van der Waals surface area contributed by atoms with E-state index in [1.807, 2.05) is 0 Å². The molecule has 0 aliphatic carbocycles. The van der Waals surface area contributed by atoms with E-state index in [4.69, 9.17) is 0 Å². The van der Waals surface area contributed by atoms with Crippen LogP contribution in [-0.2, 0) is 0 Å². The Labute approximate surface area is 130 Å². The first-order valence-corrected chi connectivity index (χ1v) is 8.24. The second-order valence-corrected chi connectivity index (χ2v) is 7.00. The number of hydrogen-bond acceptors (Lipinski definition) is 3. The van der Waals surface area contributed by atoms with Gasteiger partial charge in [-0.05, 0) is 37.4 Å². The molecule has 3 nitrogen and oxygen atoms in total. The normalized spacial score (nSPS) is 16.8. The summed E-state index contributed by atoms with van der Waals surface area (Å²) < 4.78 is 0. The molecule has 1 aliphatic rings. The van der Waals surface area contributed by atoms with Gasteiger partial charge >= 0.3 is 0 Å². The lowest BCUT2D eigenvalue weighted by Gasteiger charge is -2.43. The highest BCUT2D eigenvalue weighted by Crippen LogP contribution is 2.34. The molecular formula is C18H31N3. The van der Waals surface area contributed by atoms with E-state index in [0.717, 1.165) is 26.2 Å². The number of nitrogens with one attached hydrogen (secondary N) is 1. The van der Waals surface area contributed by atoms with Crippen LogP contribution in [0.5, 0.6) is 0 Å². The molecule has 1 aliphatic heterocycles. The molecule has 1 unspecified atom stereocenters. The molecule has 0 spiro atoms. The summed E-state index contributed by atoms with van der Waals surface area (Å²) in [5.41, 5.74) is 2.98. The Morgan fingerprint density at radius 3 is 2.52 bits per heavy atom. The van der Waals surface area contributed by atoms with Crippen LogP contribution in [-0.4, -0.2) is 39.3 Å². The standard InChI is InChI=1S/C18H31N3/c1-6-11-19-15(2)18(3,4)14-21-13-12-20(5)16-9-7-8-10-17(16)21/h7-10,15,19H,6,11-14H2,1-5H3. The summed E-state index contributed by atoms with van der Waals surface area (Å²) in [6, 6.07) is 9.29. The van der Waals surface area contributed by atoms with Crippen LogP contribution in [0.15, 0.2) is 24.3 Å². The molecule has 0 aromatic heterocycles. The average molecular weight is 289 g/mol. The molecular weight excluding hydrogens is 258 g/mol. The number of likely N-dealkylation sites (N-methyl/N-ethyl adjacent to an activating group) is 1. The number of para-hydroxylation sites is 2. The van der Waals surface area contributed by atoms with Gasteiger partial charge in [0.2, 0.25) is 0 Å². The van der Waals surface area contributed by atoms with E-state index in [2.05, 4.69) is 74.1 Å². The molecule has 0 bridgehead atoms. The van der Waals surface area contributed by atoms with Gasteiger partial charge in [-0.25, -0.2) is 0 Å². The fourth-order valence-corrected chi connectivity index (χ4v) is 3.00. The zero-order valence-corrected chi connectivity index (χ0v) is 14.3. The van der Waals surface area contributed by atoms with Gasteiger partial charge in [0, 0.05) is 32.7 Å². The van der Waals surface area contributed by atoms with Crippen molar-refractivity contribution in [1.29, 1.82) is 0 Å². The number of anilines is 2. The minimum Gasteiger partial charge on any atom is -0.371 e. The van der Waals surface area contributed by atoms with Crippen LogP contribution in [0.2, 0.25) is 0 Å². The Morgan fingerprint density at radius 1 is 1.19 bits per heavy atom. The first-order chi connectivity index (χ1) is 9.95. The van der Waals surface area contributed by atoms with Crippen LogP contribution in [0.1, 0.15) is 34.1 Å². The lowest BCUT2D eigenvalue weighted by molar-refractivity contribution is 0.260. The Bertz CT molecular complexity index is 456. The molecule has 0 saturated heterocycles. The third-order valence-corrected chi connectivity index (χ3v) is 4.81. The molecule has 0 saturated carbocycles. The molecule has 0 fully saturated rings. The molecule has 1 aromatic carbocycles. The summed E-state index contributed by atoms with van der Waals surface area (Å²) in [4.78, 5) is 4.91. The van der Waals surface area contributed by atoms with Crippen molar-refractivity contribution in [3.8, 4) is 0 Å². The molecule has 0 radical (unpaired) electrons. The maximum atomic E-state index is 3.66. The topological polar surface area (TPSA) is 18.5 Å². The molecule has 118 valence electrons. The zero-order valence-electron chi connectivity index (χ0n) is 14.3. The van der Waals surface area contributed by atoms with E-state index in [9.17, 15) is 0 Å². The molecule has 0 amide bonds. The fourth-order valence-electron chi connectivity index (χ4n) is 3.00. The number of hydrogen-bond donors (Lipinski definition) is 1. The minimum absolute atomic E-state index is 0.248. The maximum Gasteiger partial charge on any atom is 0.0604 e. The Morgan fingerprint density at radius 2 is 1.86 bits per heavy atom. The molecule has 1 heterocycles. The Balaban J connectivity index is 2.11. The van der Waals surface area contributed by atoms with Crippen LogP contribution in [0.25, 0.3) is 0 Å². The third-order valence-electron chi connectivity index (χ3n) is 4.81. The van der Waals surface area contributed by atoms with Gasteiger partial charge in [0.15, 0.2) is 0 Å². The maximum absolute atomic E-state index is 3.66. The highest BCUT2D eigenvalue weighted by molar-refractivity contribution is 5.73. The Kier molecular flexibility index (Phi) is 5.15. The summed E-state index contributed by atoms with van der Waals surface area (Å²) >= 11 is 0. The van der Waals surface area contributed by atoms with Crippen LogP contribution in [0.4, 0.5) is 11.4 Å². The van der Waals surface area contributed by atoms with Crippen LogP contribution < -0.4 is 15.1 Å². The SMILES string of the molecule is CCCNC(C)C(C)(C)CN1CCN(C)c2ccccc21. The van der Waals surface area contributed by atoms with Crippen LogP contribution >= 0.6 is 0 Å². The number of fused-ring (bicyclic) bond motifs is 1. The lowest BCUT2D eigenvalue weighted by Crippen LogP contribution is -2.50. The number of benzene rings is 1. The van der Waals surface area contributed by atoms with E-state index in [0.29, 0.717) is 6.04 Å². The first kappa shape index (κ1) is 16.2. The minimum atomic E-state index is 0.248. The molecule has 21 heavy (non-hydrogen) atoms. The molecule has 1 atom stereocenters. The van der Waals surface area contributed by atoms with E-state index >= 15 is 0 Å². The van der Waals surface area contributed by atoms with Crippen LogP contribution in [0, 0.1) is 5.41 Å². The summed E-state index contributed by atoms with van der Waals surface area (Å²) in [5.74, 6) is 0. The highest BCUT2D eigenvalue weighted by atomic mass is 15.3. The van der Waals surface area contributed by atoms with E-state index in [-0.39, 0.29) is 5.41 Å². The van der Waals surface area contributed by atoms with Gasteiger partial charge in [-0.15, -0.1) is 0 Å². The molecule has 3 heteroatoms. The highest BCUT2D eigenvalue weighted by Gasteiger charge is 2.30. The van der Waals surface area contributed by atoms with Crippen LogP contribution in [0.3, 0.4) is 0 Å². The molecule has 2 rings (SSSR count). The van der Waals surface area contributed by atoms with Crippen molar-refractivity contribution in [2.45, 2.75) is 40.2 Å². The van der Waals surface area contributed by atoms with Gasteiger partial charge in [0.25, 0.3) is 0 Å². The third kappa shape index (κ3) is 3.70. The summed E-state index contributed by atoms with van der Waals surface area (Å²) in [7, 11) is 2.19. The van der Waals surface area contributed by atoms with Crippen molar-refractivity contribution >= 4 is 11.4 Å². The van der Waals surface area contributed by atoms with Gasteiger partial charge in [0.1, 0.15) is 0 Å². The number of rotatable bonds is 6. The summed E-state index contributed by atoms with van der Waals surface area (Å²) in [6.07, 6.45) is 1.19. The molecule has 1 aromatic rings. The fraction of sp³-hybridized carbons (Fsp3) is 0.667. The number of nitrogens with zero attached hydrogens (tertiary/aromatic N) is 2. The van der Waals surface area contributed by atoms with Crippen molar-refractivity contribution in [3.05, 3.63) is 24.3 Å². The van der Waals surface area contributed by atoms with Gasteiger partial charge in [-0.1, -0.05) is 32.9 Å². The Hall–Kier alpha value is -1.22. The van der Waals surface area contributed by atoms with Crippen molar-refractivity contribution in [2.24, 2.45) is 5.41 Å². The predicted molar refractivity (Wildman–Crippen MR) is 93.5 cm³/mol. The van der Waals surface area contributed by atoms with Crippen molar-refractivity contribution in [1.82, 2.24) is 5.32 Å². The largest absolute Gasteiger partial charge is 0.371 e. The quantitative estimate of drug-likeness (QED) is 0.866. The monoisotopic (exact) mass is 289 g/mol. The second kappa shape index (κ2) is 6.69. The average Bonchev–Trinajstić information content (AvgIpc) is 2.48. The molecule has 1 N–H and O–H groups in total. The van der Waals surface area contributed by atoms with Gasteiger partial charge in [-0.2, -0.15) is 0 Å². The predicted octanol–water partition coefficient (Wildman–Crippen LogP) is 3.36. The smallest absolute Gasteiger partial charge is 0.0604 e. The second-order valence-electron chi connectivity index (χ2n) is 7.00. The zero-order chi connectivity index (χ0) is 15.5. The summed E-state index contributed by atoms with van der Waals surface area (Å²) in [5, 5.41) is 3.66. The van der Waals surface area contributed by atoms with Gasteiger partial charge < -0.3 is 15.1 Å². The summed E-state index contributed by atoms with van der Waals surface area (Å²) in [6.45, 7) is 13.7.